The smallest absolute Gasteiger partial charge is 0.179 e. The van der Waals surface area contributed by atoms with E-state index in [2.05, 4.69) is 11.1 Å². The number of nitrogens with zero attached hydrogens (tertiary/aromatic N) is 2. The number of benzene rings is 2. The predicted molar refractivity (Wildman–Crippen MR) is 111 cm³/mol. The predicted octanol–water partition coefficient (Wildman–Crippen LogP) is 6.20. The first-order valence-electron chi connectivity index (χ1n) is 7.81. The van der Waals surface area contributed by atoms with Crippen molar-refractivity contribution in [2.45, 2.75) is 0 Å². The van der Waals surface area contributed by atoms with Crippen LogP contribution < -0.4 is 9.47 Å². The number of hydrogen-bond acceptors (Lipinski definition) is 5. The Labute approximate surface area is 171 Å². The molecule has 0 fully saturated rings. The minimum Gasteiger partial charge on any atom is -0.493 e. The maximum atomic E-state index is 9.61. The average Bonchev–Trinajstić information content (AvgIpc) is 3.17. The van der Waals surface area contributed by atoms with Crippen molar-refractivity contribution >= 4 is 46.2 Å². The molecule has 0 radical (unpaired) electrons. The van der Waals surface area contributed by atoms with Crippen LogP contribution in [0.1, 0.15) is 10.6 Å². The summed E-state index contributed by atoms with van der Waals surface area (Å²) in [6, 6.07) is 13.1. The lowest BCUT2D eigenvalue weighted by Gasteiger charge is -2.11. The van der Waals surface area contributed by atoms with Gasteiger partial charge in [0.1, 0.15) is 11.1 Å². The Morgan fingerprint density at radius 3 is 2.48 bits per heavy atom. The molecule has 0 aliphatic carbocycles. The third-order valence-corrected chi connectivity index (χ3v) is 5.33. The third kappa shape index (κ3) is 4.09. The van der Waals surface area contributed by atoms with Gasteiger partial charge in [0.15, 0.2) is 11.5 Å². The number of allylic oxidation sites excluding steroid dienone is 1. The van der Waals surface area contributed by atoms with Gasteiger partial charge in [-0.1, -0.05) is 35.3 Å². The lowest BCUT2D eigenvalue weighted by atomic mass is 10.1. The van der Waals surface area contributed by atoms with E-state index in [-0.39, 0.29) is 0 Å². The van der Waals surface area contributed by atoms with Gasteiger partial charge in [0.05, 0.1) is 30.5 Å². The minimum absolute atomic E-state index is 0.374. The molecule has 0 amide bonds. The van der Waals surface area contributed by atoms with Crippen molar-refractivity contribution in [1.29, 1.82) is 5.26 Å². The fourth-order valence-electron chi connectivity index (χ4n) is 2.46. The summed E-state index contributed by atoms with van der Waals surface area (Å²) < 4.78 is 10.5. The monoisotopic (exact) mass is 416 g/mol. The largest absolute Gasteiger partial charge is 0.493 e. The van der Waals surface area contributed by atoms with Gasteiger partial charge in [0.2, 0.25) is 0 Å². The quantitative estimate of drug-likeness (QED) is 0.464. The lowest BCUT2D eigenvalue weighted by molar-refractivity contribution is 0.355. The van der Waals surface area contributed by atoms with Crippen LogP contribution >= 0.6 is 34.5 Å². The van der Waals surface area contributed by atoms with Crippen molar-refractivity contribution in [2.24, 2.45) is 0 Å². The second-order valence-electron chi connectivity index (χ2n) is 5.42. The highest BCUT2D eigenvalue weighted by atomic mass is 35.5. The van der Waals surface area contributed by atoms with Gasteiger partial charge in [-0.3, -0.25) is 0 Å². The fraction of sp³-hybridized carbons (Fsp3) is 0.100. The van der Waals surface area contributed by atoms with Crippen LogP contribution in [0.4, 0.5) is 0 Å². The molecule has 1 aromatic heterocycles. The molecule has 0 spiro atoms. The molecule has 1 heterocycles. The fourth-order valence-corrected chi connectivity index (χ4v) is 3.67. The highest BCUT2D eigenvalue weighted by molar-refractivity contribution is 7.11. The number of aromatic nitrogens is 1. The Hall–Kier alpha value is -2.52. The number of nitriles is 1. The average molecular weight is 417 g/mol. The summed E-state index contributed by atoms with van der Waals surface area (Å²) in [5.41, 5.74) is 2.78. The molecular formula is C20H14Cl2N2O2S. The van der Waals surface area contributed by atoms with Crippen molar-refractivity contribution in [3.8, 4) is 28.8 Å². The molecule has 3 aromatic rings. The van der Waals surface area contributed by atoms with Crippen LogP contribution in [-0.4, -0.2) is 19.2 Å². The van der Waals surface area contributed by atoms with Crippen molar-refractivity contribution in [2.75, 3.05) is 14.2 Å². The first-order valence-corrected chi connectivity index (χ1v) is 9.45. The number of hydrogen-bond donors (Lipinski definition) is 0. The molecule has 0 saturated heterocycles. The Morgan fingerprint density at radius 1 is 1.11 bits per heavy atom. The van der Waals surface area contributed by atoms with Gasteiger partial charge in [-0.05, 0) is 35.9 Å². The van der Waals surface area contributed by atoms with E-state index >= 15 is 0 Å². The van der Waals surface area contributed by atoms with Crippen LogP contribution in [0, 0.1) is 11.3 Å². The zero-order valence-electron chi connectivity index (χ0n) is 14.5. The van der Waals surface area contributed by atoms with Gasteiger partial charge in [0, 0.05) is 16.0 Å². The van der Waals surface area contributed by atoms with Crippen molar-refractivity contribution in [3.05, 3.63) is 62.4 Å². The molecule has 7 heteroatoms. The summed E-state index contributed by atoms with van der Waals surface area (Å²) >= 11 is 13.7. The van der Waals surface area contributed by atoms with Crippen LogP contribution in [0.25, 0.3) is 22.9 Å². The van der Waals surface area contributed by atoms with Crippen LogP contribution in [0.2, 0.25) is 10.0 Å². The maximum absolute atomic E-state index is 9.61. The molecule has 136 valence electrons. The normalized spacial score (nSPS) is 11.1. The van der Waals surface area contributed by atoms with Gasteiger partial charge in [-0.2, -0.15) is 5.26 Å². The van der Waals surface area contributed by atoms with E-state index in [1.807, 2.05) is 17.5 Å². The SMILES string of the molecule is COc1ccc(/C=C(/C#N)c2nc(-c3ccc(Cl)cc3)cs2)c(Cl)c1OC. The van der Waals surface area contributed by atoms with Crippen molar-refractivity contribution in [3.63, 3.8) is 0 Å². The Balaban J connectivity index is 1.99. The van der Waals surface area contributed by atoms with E-state index in [0.717, 1.165) is 11.3 Å². The molecular weight excluding hydrogens is 403 g/mol. The molecule has 3 rings (SSSR count). The maximum Gasteiger partial charge on any atom is 0.179 e. The number of halogens is 2. The highest BCUT2D eigenvalue weighted by Crippen LogP contribution is 2.39. The van der Waals surface area contributed by atoms with Gasteiger partial charge in [-0.15, -0.1) is 11.3 Å². The highest BCUT2D eigenvalue weighted by Gasteiger charge is 2.14. The summed E-state index contributed by atoms with van der Waals surface area (Å²) in [6.07, 6.45) is 1.69. The molecule has 0 N–H and O–H groups in total. The zero-order valence-corrected chi connectivity index (χ0v) is 16.8. The van der Waals surface area contributed by atoms with E-state index in [9.17, 15) is 5.26 Å². The molecule has 4 nitrogen and oxygen atoms in total. The van der Waals surface area contributed by atoms with Crippen molar-refractivity contribution < 1.29 is 9.47 Å². The van der Waals surface area contributed by atoms with E-state index in [0.29, 0.717) is 37.7 Å². The third-order valence-electron chi connectivity index (χ3n) is 3.81. The molecule has 0 bridgehead atoms. The number of ether oxygens (including phenoxy) is 2. The van der Waals surface area contributed by atoms with Gasteiger partial charge < -0.3 is 9.47 Å². The van der Waals surface area contributed by atoms with E-state index in [1.165, 1.54) is 25.6 Å². The van der Waals surface area contributed by atoms with Crippen molar-refractivity contribution in [1.82, 2.24) is 4.98 Å². The number of methoxy groups -OCH3 is 2. The van der Waals surface area contributed by atoms with Crippen LogP contribution in [0.5, 0.6) is 11.5 Å². The zero-order chi connectivity index (χ0) is 19.4. The van der Waals surface area contributed by atoms with E-state index in [4.69, 9.17) is 32.7 Å². The van der Waals surface area contributed by atoms with Gasteiger partial charge in [0.25, 0.3) is 0 Å². The Morgan fingerprint density at radius 2 is 1.85 bits per heavy atom. The topological polar surface area (TPSA) is 55.1 Å². The summed E-state index contributed by atoms with van der Waals surface area (Å²) in [7, 11) is 3.06. The number of rotatable bonds is 5. The molecule has 0 saturated carbocycles. The molecule has 0 aliphatic heterocycles. The van der Waals surface area contributed by atoms with Crippen LogP contribution in [-0.2, 0) is 0 Å². The molecule has 0 unspecified atom stereocenters. The standard InChI is InChI=1S/C20H14Cl2N2O2S/c1-25-17-8-5-13(18(22)19(17)26-2)9-14(10-23)20-24-16(11-27-20)12-3-6-15(21)7-4-12/h3-9,11H,1-2H3/b14-9-. The first-order chi connectivity index (χ1) is 13.1. The summed E-state index contributed by atoms with van der Waals surface area (Å²) in [4.78, 5) is 4.57. The molecule has 2 aromatic carbocycles. The molecule has 0 atom stereocenters. The second-order valence-corrected chi connectivity index (χ2v) is 7.09. The Kier molecular flexibility index (Phi) is 6.02. The Bertz CT molecular complexity index is 1040. The first kappa shape index (κ1) is 19.2. The van der Waals surface area contributed by atoms with Gasteiger partial charge in [-0.25, -0.2) is 4.98 Å². The molecule has 27 heavy (non-hydrogen) atoms. The van der Waals surface area contributed by atoms with Crippen LogP contribution in [0.3, 0.4) is 0 Å². The summed E-state index contributed by atoms with van der Waals surface area (Å²) in [5.74, 6) is 0.948. The number of thiazole rings is 1. The lowest BCUT2D eigenvalue weighted by Crippen LogP contribution is -1.93. The molecule has 0 aliphatic rings. The van der Waals surface area contributed by atoms with E-state index < -0.39 is 0 Å². The minimum atomic E-state index is 0.374. The summed E-state index contributed by atoms with van der Waals surface area (Å²) in [5, 5.41) is 13.2. The second kappa shape index (κ2) is 8.45. The van der Waals surface area contributed by atoms with Gasteiger partial charge >= 0.3 is 0 Å². The van der Waals surface area contributed by atoms with Crippen LogP contribution in [0.15, 0.2) is 41.8 Å². The summed E-state index contributed by atoms with van der Waals surface area (Å²) in [6.45, 7) is 0. The van der Waals surface area contributed by atoms with E-state index in [1.54, 1.807) is 30.3 Å².